The predicted octanol–water partition coefficient (Wildman–Crippen LogP) is 5.14. The predicted molar refractivity (Wildman–Crippen MR) is 137 cm³/mol. The van der Waals surface area contributed by atoms with Gasteiger partial charge in [0, 0.05) is 36.8 Å². The third-order valence-electron chi connectivity index (χ3n) is 6.27. The summed E-state index contributed by atoms with van der Waals surface area (Å²) in [7, 11) is 1.51. The third-order valence-corrected chi connectivity index (χ3v) is 6.27. The van der Waals surface area contributed by atoms with Gasteiger partial charge < -0.3 is 25.4 Å². The van der Waals surface area contributed by atoms with Gasteiger partial charge in [-0.05, 0) is 74.2 Å². The maximum Gasteiger partial charge on any atom is 0.416 e. The van der Waals surface area contributed by atoms with E-state index >= 15 is 0 Å². The molecule has 1 aromatic carbocycles. The molecule has 0 unspecified atom stereocenters. The van der Waals surface area contributed by atoms with Crippen LogP contribution in [-0.4, -0.2) is 42.7 Å². The van der Waals surface area contributed by atoms with Gasteiger partial charge in [0.15, 0.2) is 0 Å². The minimum atomic E-state index is -4.60. The van der Waals surface area contributed by atoms with Crippen LogP contribution < -0.4 is 25.4 Å². The Morgan fingerprint density at radius 1 is 1.11 bits per heavy atom. The number of methoxy groups -OCH3 is 1. The molecule has 3 N–H and O–H groups in total. The second-order valence-electron chi connectivity index (χ2n) is 8.99. The van der Waals surface area contributed by atoms with E-state index in [0.29, 0.717) is 24.9 Å². The zero-order valence-electron chi connectivity index (χ0n) is 21.0. The maximum absolute atomic E-state index is 13.6. The minimum Gasteiger partial charge on any atom is -0.493 e. The molecule has 8 nitrogen and oxygen atoms in total. The average molecular weight is 530 g/mol. The zero-order valence-corrected chi connectivity index (χ0v) is 21.0. The molecular weight excluding hydrogens is 499 g/mol. The fraction of sp³-hybridized carbons (Fsp3) is 0.370. The van der Waals surface area contributed by atoms with Crippen molar-refractivity contribution in [1.29, 1.82) is 0 Å². The average Bonchev–Trinajstić information content (AvgIpc) is 2.92. The molecule has 38 heavy (non-hydrogen) atoms. The molecule has 2 aromatic heterocycles. The minimum absolute atomic E-state index is 0.0182. The number of pyridine rings is 2. The van der Waals surface area contributed by atoms with Crippen molar-refractivity contribution in [2.45, 2.75) is 32.0 Å². The summed E-state index contributed by atoms with van der Waals surface area (Å²) in [4.78, 5) is 21.4. The summed E-state index contributed by atoms with van der Waals surface area (Å²) in [6, 6.07) is 9.90. The molecule has 4 rings (SSSR count). The number of nitrogens with one attached hydrogen (secondary N) is 3. The van der Waals surface area contributed by atoms with Crippen LogP contribution in [0.3, 0.4) is 0 Å². The highest BCUT2D eigenvalue weighted by Gasteiger charge is 2.32. The van der Waals surface area contributed by atoms with Crippen molar-refractivity contribution in [3.63, 3.8) is 0 Å². The summed E-state index contributed by atoms with van der Waals surface area (Å²) in [5.74, 6) is 0.659. The molecule has 202 valence electrons. The number of carbonyl (C=O) groups is 1. The number of amides is 1. The number of piperidine rings is 1. The number of hydrogen-bond donors (Lipinski definition) is 3. The lowest BCUT2D eigenvalue weighted by Gasteiger charge is -2.22. The molecule has 0 aliphatic carbocycles. The van der Waals surface area contributed by atoms with E-state index in [9.17, 15) is 18.0 Å². The summed E-state index contributed by atoms with van der Waals surface area (Å²) < 4.78 is 51.6. The first kappa shape index (κ1) is 27.2. The highest BCUT2D eigenvalue weighted by Crippen LogP contribution is 2.34. The third kappa shape index (κ3) is 7.58. The smallest absolute Gasteiger partial charge is 0.416 e. The van der Waals surface area contributed by atoms with Gasteiger partial charge in [0.05, 0.1) is 24.8 Å². The summed E-state index contributed by atoms with van der Waals surface area (Å²) in [5, 5.41) is 8.95. The molecule has 3 aromatic rings. The molecule has 0 radical (unpaired) electrons. The molecule has 1 amide bonds. The van der Waals surface area contributed by atoms with Crippen molar-refractivity contribution >= 4 is 17.4 Å². The second kappa shape index (κ2) is 12.6. The number of aromatic nitrogens is 2. The van der Waals surface area contributed by atoms with Gasteiger partial charge in [0.25, 0.3) is 5.91 Å². The van der Waals surface area contributed by atoms with Crippen molar-refractivity contribution in [1.82, 2.24) is 15.3 Å². The first-order valence-corrected chi connectivity index (χ1v) is 12.4. The number of hydrogen-bond acceptors (Lipinski definition) is 7. The van der Waals surface area contributed by atoms with Crippen LogP contribution in [-0.2, 0) is 12.7 Å². The molecule has 0 bridgehead atoms. The largest absolute Gasteiger partial charge is 0.493 e. The van der Waals surface area contributed by atoms with E-state index in [1.54, 1.807) is 30.5 Å². The molecule has 3 heterocycles. The number of benzene rings is 1. The number of anilines is 2. The van der Waals surface area contributed by atoms with Crippen LogP contribution in [0.2, 0.25) is 0 Å². The molecule has 1 saturated heterocycles. The van der Waals surface area contributed by atoms with Crippen LogP contribution in [0, 0.1) is 5.92 Å². The first-order valence-electron chi connectivity index (χ1n) is 12.4. The summed E-state index contributed by atoms with van der Waals surface area (Å²) in [6.07, 6.45) is 1.31. The van der Waals surface area contributed by atoms with E-state index in [-0.39, 0.29) is 22.8 Å². The number of ether oxygens (including phenoxy) is 2. The van der Waals surface area contributed by atoms with Crippen LogP contribution in [0.25, 0.3) is 0 Å². The van der Waals surface area contributed by atoms with Gasteiger partial charge in [-0.2, -0.15) is 13.2 Å². The summed E-state index contributed by atoms with van der Waals surface area (Å²) in [5.41, 5.74) is 0.107. The van der Waals surface area contributed by atoms with Gasteiger partial charge in [0.1, 0.15) is 11.6 Å². The van der Waals surface area contributed by atoms with E-state index in [1.807, 2.05) is 0 Å². The van der Waals surface area contributed by atoms with Gasteiger partial charge in [-0.15, -0.1) is 0 Å². The maximum atomic E-state index is 13.6. The van der Waals surface area contributed by atoms with E-state index < -0.39 is 17.6 Å². The molecule has 1 aliphatic rings. The lowest BCUT2D eigenvalue weighted by molar-refractivity contribution is -0.137. The highest BCUT2D eigenvalue weighted by molar-refractivity contribution is 6.07. The molecule has 11 heteroatoms. The van der Waals surface area contributed by atoms with Crippen LogP contribution in [0.15, 0.2) is 54.9 Å². The lowest BCUT2D eigenvalue weighted by Crippen LogP contribution is -2.28. The summed E-state index contributed by atoms with van der Waals surface area (Å²) >= 11 is 0. The first-order chi connectivity index (χ1) is 18.3. The van der Waals surface area contributed by atoms with Gasteiger partial charge >= 0.3 is 6.18 Å². The summed E-state index contributed by atoms with van der Waals surface area (Å²) in [6.45, 7) is 2.50. The Morgan fingerprint density at radius 3 is 2.68 bits per heavy atom. The number of alkyl halides is 3. The standard InChI is InChI=1S/C27H30F3N5O3/c1-37-24-13-19(6-11-32-24)17-34-25-23(3-2-8-33-25)26(36)35-21-14-20(27(28,29)30)15-22(16-21)38-12-7-18-4-9-31-10-5-18/h2-3,6,8,11,13-16,18,31H,4-5,7,9-10,12,17H2,1H3,(H,33,34)(H,35,36). The number of rotatable bonds is 10. The Labute approximate surface area is 219 Å². The van der Waals surface area contributed by atoms with Gasteiger partial charge in [-0.1, -0.05) is 0 Å². The normalized spacial score (nSPS) is 14.1. The van der Waals surface area contributed by atoms with Crippen LogP contribution in [0.1, 0.15) is 40.7 Å². The zero-order chi connectivity index (χ0) is 27.0. The van der Waals surface area contributed by atoms with Gasteiger partial charge in [-0.25, -0.2) is 9.97 Å². The number of nitrogens with zero attached hydrogens (tertiary/aromatic N) is 2. The molecule has 0 atom stereocenters. The highest BCUT2D eigenvalue weighted by atomic mass is 19.4. The Kier molecular flexibility index (Phi) is 9.01. The molecule has 0 spiro atoms. The topological polar surface area (TPSA) is 97.4 Å². The van der Waals surface area contributed by atoms with Crippen molar-refractivity contribution in [3.05, 3.63) is 71.5 Å². The van der Waals surface area contributed by atoms with Gasteiger partial charge in [-0.3, -0.25) is 4.79 Å². The Morgan fingerprint density at radius 2 is 1.92 bits per heavy atom. The quantitative estimate of drug-likeness (QED) is 0.335. The van der Waals surface area contributed by atoms with Crippen molar-refractivity contribution in [2.75, 3.05) is 37.4 Å². The monoisotopic (exact) mass is 529 g/mol. The fourth-order valence-corrected chi connectivity index (χ4v) is 4.22. The van der Waals surface area contributed by atoms with Crippen LogP contribution >= 0.6 is 0 Å². The Bertz CT molecular complexity index is 1230. The fourth-order valence-electron chi connectivity index (χ4n) is 4.22. The molecule has 0 saturated carbocycles. The molecular formula is C27H30F3N5O3. The SMILES string of the molecule is COc1cc(CNc2ncccc2C(=O)Nc2cc(OCCC3CCNCC3)cc(C(F)(F)F)c2)ccn1. The van der Waals surface area contributed by atoms with Crippen LogP contribution in [0.4, 0.5) is 24.7 Å². The number of halogens is 3. The van der Waals surface area contributed by atoms with E-state index in [2.05, 4.69) is 25.9 Å². The van der Waals surface area contributed by atoms with E-state index in [0.717, 1.165) is 50.0 Å². The molecule has 1 fully saturated rings. The van der Waals surface area contributed by atoms with Gasteiger partial charge in [0.2, 0.25) is 5.88 Å². The van der Waals surface area contributed by atoms with Crippen molar-refractivity contribution in [2.24, 2.45) is 5.92 Å². The van der Waals surface area contributed by atoms with Crippen molar-refractivity contribution in [3.8, 4) is 11.6 Å². The van der Waals surface area contributed by atoms with E-state index in [4.69, 9.17) is 9.47 Å². The molecule has 1 aliphatic heterocycles. The Balaban J connectivity index is 1.46. The number of carbonyl (C=O) groups excluding carboxylic acids is 1. The van der Waals surface area contributed by atoms with E-state index in [1.165, 1.54) is 19.4 Å². The van der Waals surface area contributed by atoms with Crippen LogP contribution in [0.5, 0.6) is 11.6 Å². The Hall–Kier alpha value is -3.86. The van der Waals surface area contributed by atoms with Crippen molar-refractivity contribution < 1.29 is 27.4 Å². The second-order valence-corrected chi connectivity index (χ2v) is 8.99. The lowest BCUT2D eigenvalue weighted by atomic mass is 9.95.